The second-order valence-corrected chi connectivity index (χ2v) is 14.0. The lowest BCUT2D eigenvalue weighted by atomic mass is 10.00. The lowest BCUT2D eigenvalue weighted by Crippen LogP contribution is -2.47. The Morgan fingerprint density at radius 1 is 0.714 bits per heavy atom. The molecule has 250 valence electrons. The predicted octanol–water partition coefficient (Wildman–Crippen LogP) is 7.97. The van der Waals surface area contributed by atoms with Crippen LogP contribution in [0.3, 0.4) is 0 Å². The maximum absolute atomic E-state index is 12.4. The van der Waals surface area contributed by atoms with Gasteiger partial charge >= 0.3 is 7.82 Å². The van der Waals surface area contributed by atoms with Crippen LogP contribution in [0.4, 0.5) is 0 Å². The molecule has 2 aliphatic rings. The van der Waals surface area contributed by atoms with Gasteiger partial charge in [0, 0.05) is 25.8 Å². The zero-order chi connectivity index (χ0) is 30.1. The number of piperidine rings is 2. The van der Waals surface area contributed by atoms with Crippen LogP contribution in [0.2, 0.25) is 0 Å². The van der Waals surface area contributed by atoms with Gasteiger partial charge in [-0.15, -0.1) is 0 Å². The molecule has 2 aliphatic heterocycles. The second kappa shape index (κ2) is 25.2. The van der Waals surface area contributed by atoms with E-state index in [0.717, 1.165) is 19.5 Å². The predicted molar refractivity (Wildman–Crippen MR) is 173 cm³/mol. The fraction of sp³-hybridized carbons (Fsp3) is 1.00. The van der Waals surface area contributed by atoms with Gasteiger partial charge in [-0.25, -0.2) is 4.57 Å². The number of rotatable bonds is 27. The SMILES string of the molecule is CCCCCCCCCCCCCCCCOCC(COP(=O)(O)OCCN1CCC(N2CCCCC2)CC1)OCC. The lowest BCUT2D eigenvalue weighted by molar-refractivity contribution is -0.0395. The summed E-state index contributed by atoms with van der Waals surface area (Å²) in [7, 11) is -4.12. The first-order valence-electron chi connectivity index (χ1n) is 17.8. The third kappa shape index (κ3) is 19.4. The van der Waals surface area contributed by atoms with Crippen LogP contribution in [-0.4, -0.2) is 92.6 Å². The monoisotopic (exact) mass is 618 g/mol. The minimum Gasteiger partial charge on any atom is -0.379 e. The molecule has 0 aromatic heterocycles. The van der Waals surface area contributed by atoms with Gasteiger partial charge < -0.3 is 24.2 Å². The third-order valence-electron chi connectivity index (χ3n) is 8.90. The highest BCUT2D eigenvalue weighted by Crippen LogP contribution is 2.43. The van der Waals surface area contributed by atoms with Crippen molar-refractivity contribution in [2.75, 3.05) is 65.8 Å². The Bertz CT molecular complexity index is 658. The standard InChI is InChI=1S/C33H67N2O6P/c1-3-5-6-7-8-9-10-11-12-13-14-15-16-20-28-38-30-33(39-4-2)31-41-42(36,37)40-29-27-34-25-21-32(22-26-34)35-23-18-17-19-24-35/h32-33H,3-31H2,1-2H3,(H,36,37). The molecule has 2 atom stereocenters. The van der Waals surface area contributed by atoms with Crippen molar-refractivity contribution in [3.8, 4) is 0 Å². The van der Waals surface area contributed by atoms with Gasteiger partial charge in [-0.05, 0) is 65.2 Å². The number of hydrogen-bond donors (Lipinski definition) is 1. The smallest absolute Gasteiger partial charge is 0.379 e. The maximum Gasteiger partial charge on any atom is 0.472 e. The normalized spacial score (nSPS) is 19.7. The number of nitrogens with zero attached hydrogens (tertiary/aromatic N) is 2. The molecule has 0 spiro atoms. The summed E-state index contributed by atoms with van der Waals surface area (Å²) >= 11 is 0. The molecule has 0 radical (unpaired) electrons. The fourth-order valence-corrected chi connectivity index (χ4v) is 7.03. The molecule has 0 aromatic carbocycles. The molecule has 0 saturated carbocycles. The van der Waals surface area contributed by atoms with Crippen molar-refractivity contribution in [3.05, 3.63) is 0 Å². The minimum absolute atomic E-state index is 0.0123. The first-order chi connectivity index (χ1) is 20.5. The van der Waals surface area contributed by atoms with E-state index < -0.39 is 7.82 Å². The van der Waals surface area contributed by atoms with Crippen LogP contribution in [0.15, 0.2) is 0 Å². The third-order valence-corrected chi connectivity index (χ3v) is 9.88. The van der Waals surface area contributed by atoms with Crippen molar-refractivity contribution in [1.29, 1.82) is 0 Å². The number of unbranched alkanes of at least 4 members (excludes halogenated alkanes) is 13. The Morgan fingerprint density at radius 2 is 1.29 bits per heavy atom. The molecule has 2 saturated heterocycles. The highest BCUT2D eigenvalue weighted by Gasteiger charge is 2.27. The Labute approximate surface area is 259 Å². The molecule has 2 rings (SSSR count). The summed E-state index contributed by atoms with van der Waals surface area (Å²) in [6.07, 6.45) is 24.7. The molecule has 2 heterocycles. The molecule has 2 fully saturated rings. The maximum atomic E-state index is 12.4. The minimum atomic E-state index is -4.12. The summed E-state index contributed by atoms with van der Waals surface area (Å²) in [5.74, 6) is 0. The fourth-order valence-electron chi connectivity index (χ4n) is 6.28. The second-order valence-electron chi connectivity index (χ2n) is 12.5. The number of ether oxygens (including phenoxy) is 2. The lowest BCUT2D eigenvalue weighted by Gasteiger charge is -2.40. The molecule has 1 N–H and O–H groups in total. The largest absolute Gasteiger partial charge is 0.472 e. The van der Waals surface area contributed by atoms with Gasteiger partial charge in [0.15, 0.2) is 0 Å². The first-order valence-corrected chi connectivity index (χ1v) is 19.3. The van der Waals surface area contributed by atoms with Crippen LogP contribution >= 0.6 is 7.82 Å². The summed E-state index contributed by atoms with van der Waals surface area (Å²) < 4.78 is 34.5. The first kappa shape index (κ1) is 38.1. The number of likely N-dealkylation sites (tertiary alicyclic amines) is 2. The van der Waals surface area contributed by atoms with Gasteiger partial charge in [0.1, 0.15) is 6.10 Å². The van der Waals surface area contributed by atoms with Crippen molar-refractivity contribution in [1.82, 2.24) is 9.80 Å². The zero-order valence-electron chi connectivity index (χ0n) is 27.5. The summed E-state index contributed by atoms with van der Waals surface area (Å²) in [6.45, 7) is 11.1. The van der Waals surface area contributed by atoms with Crippen molar-refractivity contribution < 1.29 is 28.0 Å². The molecule has 9 heteroatoms. The average Bonchev–Trinajstić information content (AvgIpc) is 3.00. The van der Waals surface area contributed by atoms with Gasteiger partial charge in [0.2, 0.25) is 0 Å². The van der Waals surface area contributed by atoms with Gasteiger partial charge in [-0.1, -0.05) is 96.8 Å². The van der Waals surface area contributed by atoms with Crippen molar-refractivity contribution in [3.63, 3.8) is 0 Å². The quantitative estimate of drug-likeness (QED) is 0.0733. The number of phosphoric acid groups is 1. The highest BCUT2D eigenvalue weighted by atomic mass is 31.2. The summed E-state index contributed by atoms with van der Waals surface area (Å²) in [5, 5.41) is 0. The van der Waals surface area contributed by atoms with E-state index in [4.69, 9.17) is 18.5 Å². The molecule has 2 unspecified atom stereocenters. The Kier molecular flexibility index (Phi) is 22.9. The van der Waals surface area contributed by atoms with E-state index in [-0.39, 0.29) is 19.3 Å². The highest BCUT2D eigenvalue weighted by molar-refractivity contribution is 7.47. The summed E-state index contributed by atoms with van der Waals surface area (Å²) in [6, 6.07) is 0.696. The van der Waals surface area contributed by atoms with E-state index in [9.17, 15) is 9.46 Å². The van der Waals surface area contributed by atoms with Gasteiger partial charge in [0.25, 0.3) is 0 Å². The van der Waals surface area contributed by atoms with Crippen LogP contribution in [0.1, 0.15) is 136 Å². The van der Waals surface area contributed by atoms with Gasteiger partial charge in [0.05, 0.1) is 19.8 Å². The van der Waals surface area contributed by atoms with Crippen LogP contribution in [-0.2, 0) is 23.1 Å². The van der Waals surface area contributed by atoms with E-state index in [1.807, 2.05) is 6.92 Å². The number of hydrogen-bond acceptors (Lipinski definition) is 7. The van der Waals surface area contributed by atoms with Crippen molar-refractivity contribution in [2.24, 2.45) is 0 Å². The van der Waals surface area contributed by atoms with Crippen molar-refractivity contribution in [2.45, 2.75) is 148 Å². The number of phosphoric ester groups is 1. The molecular weight excluding hydrogens is 551 g/mol. The Morgan fingerprint density at radius 3 is 1.86 bits per heavy atom. The molecule has 0 amide bonds. The summed E-state index contributed by atoms with van der Waals surface area (Å²) in [4.78, 5) is 15.2. The van der Waals surface area contributed by atoms with E-state index in [0.29, 0.717) is 32.4 Å². The molecule has 0 aromatic rings. The average molecular weight is 619 g/mol. The van der Waals surface area contributed by atoms with E-state index in [1.165, 1.54) is 129 Å². The van der Waals surface area contributed by atoms with Crippen LogP contribution in [0, 0.1) is 0 Å². The van der Waals surface area contributed by atoms with Gasteiger partial charge in [-0.2, -0.15) is 0 Å². The van der Waals surface area contributed by atoms with Gasteiger partial charge in [-0.3, -0.25) is 9.05 Å². The topological polar surface area (TPSA) is 80.7 Å². The van der Waals surface area contributed by atoms with E-state index in [2.05, 4.69) is 16.7 Å². The Hall–Kier alpha value is -0.0500. The van der Waals surface area contributed by atoms with Crippen LogP contribution in [0.5, 0.6) is 0 Å². The molecule has 0 aliphatic carbocycles. The molecule has 0 bridgehead atoms. The molecule has 8 nitrogen and oxygen atoms in total. The molecular formula is C33H67N2O6P. The Balaban J connectivity index is 1.42. The van der Waals surface area contributed by atoms with Crippen LogP contribution in [0.25, 0.3) is 0 Å². The van der Waals surface area contributed by atoms with Crippen LogP contribution < -0.4 is 0 Å². The van der Waals surface area contributed by atoms with Crippen molar-refractivity contribution >= 4 is 7.82 Å². The van der Waals surface area contributed by atoms with E-state index in [1.54, 1.807) is 0 Å². The zero-order valence-corrected chi connectivity index (χ0v) is 28.4. The van der Waals surface area contributed by atoms with E-state index >= 15 is 0 Å². The summed E-state index contributed by atoms with van der Waals surface area (Å²) in [5.41, 5.74) is 0. The molecule has 42 heavy (non-hydrogen) atoms.